The highest BCUT2D eigenvalue weighted by atomic mass is 19.1. The smallest absolute Gasteiger partial charge is 0.328 e. The Hall–Kier alpha value is -2.43. The van der Waals surface area contributed by atoms with Gasteiger partial charge in [0.15, 0.2) is 0 Å². The molecule has 5 heteroatoms. The van der Waals surface area contributed by atoms with Crippen LogP contribution in [0.25, 0.3) is 0 Å². The van der Waals surface area contributed by atoms with Crippen LogP contribution < -0.4 is 4.90 Å². The van der Waals surface area contributed by atoms with E-state index in [9.17, 15) is 14.5 Å². The lowest BCUT2D eigenvalue weighted by Crippen LogP contribution is -2.18. The van der Waals surface area contributed by atoms with Gasteiger partial charge < -0.3 is 4.90 Å². The van der Waals surface area contributed by atoms with Gasteiger partial charge in [0.2, 0.25) is 5.82 Å². The van der Waals surface area contributed by atoms with E-state index in [1.165, 1.54) is 6.07 Å². The predicted molar refractivity (Wildman–Crippen MR) is 76.9 cm³/mol. The Balaban J connectivity index is 2.62. The van der Waals surface area contributed by atoms with Gasteiger partial charge in [0, 0.05) is 12.2 Å². The summed E-state index contributed by atoms with van der Waals surface area (Å²) in [6.45, 7) is 4.30. The summed E-state index contributed by atoms with van der Waals surface area (Å²) in [5, 5.41) is 11.1. The van der Waals surface area contributed by atoms with Gasteiger partial charge in [0.1, 0.15) is 5.69 Å². The third-order valence-electron chi connectivity index (χ3n) is 3.16. The molecule has 0 radical (unpaired) electrons. The van der Waals surface area contributed by atoms with E-state index in [0.717, 1.165) is 17.3 Å². The van der Waals surface area contributed by atoms with Crippen molar-refractivity contribution in [1.29, 1.82) is 0 Å². The van der Waals surface area contributed by atoms with Gasteiger partial charge in [0.05, 0.1) is 4.92 Å². The third kappa shape index (κ3) is 2.47. The highest BCUT2D eigenvalue weighted by Crippen LogP contribution is 2.36. The van der Waals surface area contributed by atoms with Gasteiger partial charge in [-0.2, -0.15) is 4.39 Å². The van der Waals surface area contributed by atoms with Crippen LogP contribution in [0.3, 0.4) is 0 Å². The molecule has 0 fully saturated rings. The highest BCUT2D eigenvalue weighted by Gasteiger charge is 2.24. The molecule has 4 nitrogen and oxygen atoms in total. The molecule has 0 aliphatic carbocycles. The van der Waals surface area contributed by atoms with Crippen LogP contribution in [0.5, 0.6) is 0 Å². The molecule has 0 spiro atoms. The summed E-state index contributed by atoms with van der Waals surface area (Å²) < 4.78 is 13.7. The Bertz CT molecular complexity index is 644. The molecule has 0 aromatic heterocycles. The largest absolute Gasteiger partial charge is 0.336 e. The fourth-order valence-electron chi connectivity index (χ4n) is 2.24. The molecule has 0 saturated carbocycles. The molecule has 0 heterocycles. The van der Waals surface area contributed by atoms with Crippen LogP contribution in [-0.2, 0) is 0 Å². The molecule has 0 amide bonds. The molecule has 0 saturated heterocycles. The first-order chi connectivity index (χ1) is 9.56. The van der Waals surface area contributed by atoms with Crippen LogP contribution in [0.4, 0.5) is 21.5 Å². The highest BCUT2D eigenvalue weighted by molar-refractivity contribution is 5.74. The summed E-state index contributed by atoms with van der Waals surface area (Å²) >= 11 is 0. The molecule has 0 unspecified atom stereocenters. The Morgan fingerprint density at radius 1 is 1.15 bits per heavy atom. The van der Waals surface area contributed by atoms with Gasteiger partial charge in [-0.3, -0.25) is 10.1 Å². The van der Waals surface area contributed by atoms with Crippen LogP contribution in [-0.4, -0.2) is 11.5 Å². The second kappa shape index (κ2) is 5.69. The van der Waals surface area contributed by atoms with Crippen LogP contribution in [0.2, 0.25) is 0 Å². The van der Waals surface area contributed by atoms with E-state index in [2.05, 4.69) is 0 Å². The minimum absolute atomic E-state index is 0.270. The summed E-state index contributed by atoms with van der Waals surface area (Å²) in [7, 11) is 0. The SMILES string of the molecule is CCN(c1ccccc1C)c1cccc(F)c1[N+](=O)[O-]. The topological polar surface area (TPSA) is 46.4 Å². The number of rotatable bonds is 4. The Kier molecular flexibility index (Phi) is 3.98. The summed E-state index contributed by atoms with van der Waals surface area (Å²) in [4.78, 5) is 12.2. The van der Waals surface area contributed by atoms with E-state index in [1.54, 1.807) is 11.0 Å². The number of nitro benzene ring substituents is 1. The number of para-hydroxylation sites is 2. The van der Waals surface area contributed by atoms with E-state index < -0.39 is 16.4 Å². The summed E-state index contributed by atoms with van der Waals surface area (Å²) in [6, 6.07) is 11.7. The van der Waals surface area contributed by atoms with E-state index in [0.29, 0.717) is 6.54 Å². The molecule has 2 aromatic carbocycles. The van der Waals surface area contributed by atoms with Crippen molar-refractivity contribution < 1.29 is 9.31 Å². The van der Waals surface area contributed by atoms with E-state index >= 15 is 0 Å². The molecule has 0 atom stereocenters. The zero-order valence-corrected chi connectivity index (χ0v) is 11.3. The van der Waals surface area contributed by atoms with Gasteiger partial charge in [-0.1, -0.05) is 24.3 Å². The fraction of sp³-hybridized carbons (Fsp3) is 0.200. The van der Waals surface area contributed by atoms with Gasteiger partial charge >= 0.3 is 5.69 Å². The van der Waals surface area contributed by atoms with Crippen molar-refractivity contribution in [2.75, 3.05) is 11.4 Å². The predicted octanol–water partition coefficient (Wildman–Crippen LogP) is 4.20. The Morgan fingerprint density at radius 2 is 1.80 bits per heavy atom. The molecule has 0 aliphatic heterocycles. The minimum Gasteiger partial charge on any atom is -0.336 e. The molecule has 0 aliphatic rings. The van der Waals surface area contributed by atoms with Crippen LogP contribution >= 0.6 is 0 Å². The second-order valence-corrected chi connectivity index (χ2v) is 4.40. The van der Waals surface area contributed by atoms with Gasteiger partial charge in [-0.25, -0.2) is 0 Å². The normalized spacial score (nSPS) is 10.3. The van der Waals surface area contributed by atoms with E-state index in [1.807, 2.05) is 38.1 Å². The van der Waals surface area contributed by atoms with E-state index in [4.69, 9.17) is 0 Å². The summed E-state index contributed by atoms with van der Waals surface area (Å²) in [5.74, 6) is -0.820. The summed E-state index contributed by atoms with van der Waals surface area (Å²) in [5.41, 5.74) is 1.60. The quantitative estimate of drug-likeness (QED) is 0.620. The average Bonchev–Trinajstić information content (AvgIpc) is 2.41. The third-order valence-corrected chi connectivity index (χ3v) is 3.16. The molecule has 2 aromatic rings. The lowest BCUT2D eigenvalue weighted by Gasteiger charge is -2.24. The summed E-state index contributed by atoms with van der Waals surface area (Å²) in [6.07, 6.45) is 0. The standard InChI is InChI=1S/C15H15FN2O2/c1-3-17(13-9-5-4-7-11(13)2)14-10-6-8-12(16)15(14)18(19)20/h4-10H,3H2,1-2H3. The monoisotopic (exact) mass is 274 g/mol. The number of benzene rings is 2. The van der Waals surface area contributed by atoms with E-state index in [-0.39, 0.29) is 5.69 Å². The number of aryl methyl sites for hydroxylation is 1. The van der Waals surface area contributed by atoms with Crippen molar-refractivity contribution in [2.45, 2.75) is 13.8 Å². The number of halogens is 1. The van der Waals surface area contributed by atoms with Crippen molar-refractivity contribution >= 4 is 17.1 Å². The van der Waals surface area contributed by atoms with Crippen LogP contribution in [0.1, 0.15) is 12.5 Å². The lowest BCUT2D eigenvalue weighted by atomic mass is 10.1. The number of nitro groups is 1. The van der Waals surface area contributed by atoms with Crippen molar-refractivity contribution in [3.63, 3.8) is 0 Å². The average molecular weight is 274 g/mol. The first-order valence-electron chi connectivity index (χ1n) is 6.32. The van der Waals surface area contributed by atoms with Crippen molar-refractivity contribution in [2.24, 2.45) is 0 Å². The van der Waals surface area contributed by atoms with Crippen LogP contribution in [0, 0.1) is 22.9 Å². The maximum atomic E-state index is 13.7. The van der Waals surface area contributed by atoms with Crippen molar-refractivity contribution in [3.8, 4) is 0 Å². The number of hydrogen-bond acceptors (Lipinski definition) is 3. The van der Waals surface area contributed by atoms with Gasteiger partial charge in [-0.05, 0) is 37.6 Å². The van der Waals surface area contributed by atoms with Gasteiger partial charge in [0.25, 0.3) is 0 Å². The molecule has 0 bridgehead atoms. The first kappa shape index (κ1) is 14.0. The van der Waals surface area contributed by atoms with Crippen LogP contribution in [0.15, 0.2) is 42.5 Å². The number of anilines is 2. The first-order valence-corrected chi connectivity index (χ1v) is 6.32. The number of hydrogen-bond donors (Lipinski definition) is 0. The molecule has 0 N–H and O–H groups in total. The maximum absolute atomic E-state index is 13.7. The maximum Gasteiger partial charge on any atom is 0.328 e. The lowest BCUT2D eigenvalue weighted by molar-refractivity contribution is -0.386. The van der Waals surface area contributed by atoms with Gasteiger partial charge in [-0.15, -0.1) is 0 Å². The second-order valence-electron chi connectivity index (χ2n) is 4.40. The van der Waals surface area contributed by atoms with Crippen molar-refractivity contribution in [3.05, 3.63) is 64.0 Å². The Labute approximate surface area is 116 Å². The molecule has 2 rings (SSSR count). The molecule has 20 heavy (non-hydrogen) atoms. The zero-order chi connectivity index (χ0) is 14.7. The van der Waals surface area contributed by atoms with Crippen molar-refractivity contribution in [1.82, 2.24) is 0 Å². The zero-order valence-electron chi connectivity index (χ0n) is 11.3. The molecular formula is C15H15FN2O2. The molecular weight excluding hydrogens is 259 g/mol. The Morgan fingerprint density at radius 3 is 2.40 bits per heavy atom. The minimum atomic E-state index is -0.820. The molecule has 104 valence electrons. The fourth-order valence-corrected chi connectivity index (χ4v) is 2.24. The number of nitrogens with zero attached hydrogens (tertiary/aromatic N) is 2.